The Morgan fingerprint density at radius 3 is 2.35 bits per heavy atom. The van der Waals surface area contributed by atoms with Crippen LogP contribution in [0, 0.1) is 11.3 Å². The van der Waals surface area contributed by atoms with Crippen LogP contribution in [0.4, 0.5) is 4.79 Å². The monoisotopic (exact) mass is 241 g/mol. The van der Waals surface area contributed by atoms with Gasteiger partial charge < -0.3 is 14.4 Å². The summed E-state index contributed by atoms with van der Waals surface area (Å²) in [7, 11) is 1.42. The van der Waals surface area contributed by atoms with E-state index in [4.69, 9.17) is 9.47 Å². The second-order valence-electron chi connectivity index (χ2n) is 5.42. The third kappa shape index (κ3) is 2.23. The van der Waals surface area contributed by atoms with Crippen molar-refractivity contribution in [2.24, 2.45) is 11.3 Å². The van der Waals surface area contributed by atoms with Crippen molar-refractivity contribution in [3.63, 3.8) is 0 Å². The molecule has 2 aliphatic rings. The van der Waals surface area contributed by atoms with Crippen molar-refractivity contribution < 1.29 is 19.1 Å². The maximum Gasteiger partial charge on any atom is 0.410 e. The minimum atomic E-state index is -0.243. The van der Waals surface area contributed by atoms with Gasteiger partial charge >= 0.3 is 12.1 Å². The number of nitrogens with zero attached hydrogens (tertiary/aromatic N) is 1. The van der Waals surface area contributed by atoms with Gasteiger partial charge in [-0.1, -0.05) is 0 Å². The zero-order valence-electron chi connectivity index (χ0n) is 10.6. The van der Waals surface area contributed by atoms with Crippen LogP contribution in [0.2, 0.25) is 0 Å². The normalized spacial score (nSPS) is 22.0. The maximum atomic E-state index is 11.5. The van der Waals surface area contributed by atoms with Crippen molar-refractivity contribution in [3.8, 4) is 0 Å². The average Bonchev–Trinajstić information content (AvgIpc) is 2.11. The first-order valence-electron chi connectivity index (χ1n) is 5.99. The predicted molar refractivity (Wildman–Crippen MR) is 60.4 cm³/mol. The van der Waals surface area contributed by atoms with Gasteiger partial charge in [0.1, 0.15) is 0 Å². The molecule has 1 heterocycles. The van der Waals surface area contributed by atoms with E-state index < -0.39 is 0 Å². The first-order valence-corrected chi connectivity index (χ1v) is 5.99. The van der Waals surface area contributed by atoms with Crippen molar-refractivity contribution in [2.45, 2.75) is 32.8 Å². The van der Waals surface area contributed by atoms with Crippen LogP contribution in [0.3, 0.4) is 0 Å². The summed E-state index contributed by atoms with van der Waals surface area (Å²) in [6.45, 7) is 5.10. The van der Waals surface area contributed by atoms with Crippen LogP contribution < -0.4 is 0 Å². The minimum absolute atomic E-state index is 0.0308. The maximum absolute atomic E-state index is 11.5. The zero-order valence-corrected chi connectivity index (χ0v) is 10.6. The fourth-order valence-electron chi connectivity index (χ4n) is 2.75. The molecule has 0 aromatic carbocycles. The highest BCUT2D eigenvalue weighted by Crippen LogP contribution is 2.52. The van der Waals surface area contributed by atoms with Crippen LogP contribution in [0.1, 0.15) is 26.7 Å². The molecule has 0 bridgehead atoms. The smallest absolute Gasteiger partial charge is 0.410 e. The first kappa shape index (κ1) is 12.2. The van der Waals surface area contributed by atoms with Gasteiger partial charge in [0.2, 0.25) is 0 Å². The van der Waals surface area contributed by atoms with Crippen molar-refractivity contribution >= 4 is 12.1 Å². The number of rotatable bonds is 2. The molecule has 0 aromatic rings. The minimum Gasteiger partial charge on any atom is -0.469 e. The molecule has 0 N–H and O–H groups in total. The fraction of sp³-hybridized carbons (Fsp3) is 0.833. The van der Waals surface area contributed by atoms with E-state index in [-0.39, 0.29) is 29.5 Å². The van der Waals surface area contributed by atoms with Crippen molar-refractivity contribution in [1.29, 1.82) is 0 Å². The van der Waals surface area contributed by atoms with Gasteiger partial charge in [0.05, 0.1) is 19.1 Å². The molecule has 1 aliphatic heterocycles. The van der Waals surface area contributed by atoms with Crippen molar-refractivity contribution in [2.75, 3.05) is 20.2 Å². The number of methoxy groups -OCH3 is 1. The van der Waals surface area contributed by atoms with Gasteiger partial charge in [-0.2, -0.15) is 0 Å². The van der Waals surface area contributed by atoms with Gasteiger partial charge in [0.25, 0.3) is 0 Å². The number of hydrogen-bond donors (Lipinski definition) is 0. The largest absolute Gasteiger partial charge is 0.469 e. The van der Waals surface area contributed by atoms with Crippen LogP contribution in [-0.4, -0.2) is 43.3 Å². The molecule has 0 radical (unpaired) electrons. The number of ether oxygens (including phenoxy) is 2. The van der Waals surface area contributed by atoms with Crippen LogP contribution in [0.15, 0.2) is 0 Å². The Bertz CT molecular complexity index is 325. The molecule has 5 nitrogen and oxygen atoms in total. The van der Waals surface area contributed by atoms with Gasteiger partial charge in [-0.05, 0) is 26.7 Å². The Hall–Kier alpha value is -1.26. The Labute approximate surface area is 101 Å². The van der Waals surface area contributed by atoms with E-state index in [0.29, 0.717) is 13.1 Å². The van der Waals surface area contributed by atoms with E-state index in [2.05, 4.69) is 0 Å². The molecule has 0 atom stereocenters. The molecular weight excluding hydrogens is 222 g/mol. The molecular formula is C12H19NO4. The van der Waals surface area contributed by atoms with Crippen molar-refractivity contribution in [3.05, 3.63) is 0 Å². The Kier molecular flexibility index (Phi) is 3.02. The zero-order chi connectivity index (χ0) is 12.6. The fourth-order valence-corrected chi connectivity index (χ4v) is 2.75. The van der Waals surface area contributed by atoms with Gasteiger partial charge in [0, 0.05) is 18.5 Å². The summed E-state index contributed by atoms with van der Waals surface area (Å²) in [5, 5.41) is 0. The summed E-state index contributed by atoms with van der Waals surface area (Å²) in [6.07, 6.45) is 1.35. The summed E-state index contributed by atoms with van der Waals surface area (Å²) in [5.41, 5.74) is 0.162. The van der Waals surface area contributed by atoms with Gasteiger partial charge in [0.15, 0.2) is 0 Å². The van der Waals surface area contributed by atoms with E-state index in [1.165, 1.54) is 7.11 Å². The van der Waals surface area contributed by atoms with Crippen LogP contribution in [0.25, 0.3) is 0 Å². The highest BCUT2D eigenvalue weighted by atomic mass is 16.6. The Morgan fingerprint density at radius 1 is 1.29 bits per heavy atom. The highest BCUT2D eigenvalue weighted by molar-refractivity contribution is 5.74. The molecule has 17 heavy (non-hydrogen) atoms. The summed E-state index contributed by atoms with van der Waals surface area (Å²) < 4.78 is 9.81. The summed E-state index contributed by atoms with van der Waals surface area (Å²) >= 11 is 0. The van der Waals surface area contributed by atoms with Crippen LogP contribution >= 0.6 is 0 Å². The third-order valence-electron chi connectivity index (χ3n) is 3.54. The van der Waals surface area contributed by atoms with Crippen LogP contribution in [-0.2, 0) is 14.3 Å². The van der Waals surface area contributed by atoms with E-state index >= 15 is 0 Å². The second-order valence-corrected chi connectivity index (χ2v) is 5.42. The molecule has 96 valence electrons. The molecule has 1 spiro atoms. The molecule has 1 aliphatic carbocycles. The van der Waals surface area contributed by atoms with E-state index in [9.17, 15) is 9.59 Å². The van der Waals surface area contributed by atoms with Gasteiger partial charge in [-0.3, -0.25) is 4.79 Å². The van der Waals surface area contributed by atoms with Gasteiger partial charge in [-0.15, -0.1) is 0 Å². The highest BCUT2D eigenvalue weighted by Gasteiger charge is 2.56. The lowest BCUT2D eigenvalue weighted by molar-refractivity contribution is -0.162. The molecule has 0 unspecified atom stereocenters. The summed E-state index contributed by atoms with van der Waals surface area (Å²) in [6, 6.07) is 0. The summed E-state index contributed by atoms with van der Waals surface area (Å²) in [5.74, 6) is -0.0953. The number of hydrogen-bond acceptors (Lipinski definition) is 4. The SMILES string of the molecule is COC(=O)C1CC2(C1)CN(C(=O)OC(C)C)C2. The molecule has 2 rings (SSSR count). The number of carbonyl (C=O) groups is 2. The van der Waals surface area contributed by atoms with Crippen LogP contribution in [0.5, 0.6) is 0 Å². The number of amides is 1. The molecule has 2 fully saturated rings. The van der Waals surface area contributed by atoms with E-state index in [0.717, 1.165) is 12.8 Å². The van der Waals surface area contributed by atoms with E-state index in [1.54, 1.807) is 4.90 Å². The number of carbonyl (C=O) groups excluding carboxylic acids is 2. The Balaban J connectivity index is 1.74. The quantitative estimate of drug-likeness (QED) is 0.686. The number of esters is 1. The Morgan fingerprint density at radius 2 is 1.88 bits per heavy atom. The molecule has 1 saturated carbocycles. The molecule has 5 heteroatoms. The third-order valence-corrected chi connectivity index (χ3v) is 3.54. The van der Waals surface area contributed by atoms with E-state index in [1.807, 2.05) is 13.8 Å². The summed E-state index contributed by atoms with van der Waals surface area (Å²) in [4.78, 5) is 24.5. The first-order chi connectivity index (χ1) is 7.96. The topological polar surface area (TPSA) is 55.8 Å². The molecule has 1 saturated heterocycles. The van der Waals surface area contributed by atoms with Gasteiger partial charge in [-0.25, -0.2) is 4.79 Å². The second kappa shape index (κ2) is 4.20. The average molecular weight is 241 g/mol. The molecule has 1 amide bonds. The lowest BCUT2D eigenvalue weighted by Crippen LogP contribution is -2.64. The predicted octanol–water partition coefficient (Wildman–Crippen LogP) is 1.42. The lowest BCUT2D eigenvalue weighted by Gasteiger charge is -2.57. The lowest BCUT2D eigenvalue weighted by atomic mass is 9.58. The number of likely N-dealkylation sites (tertiary alicyclic amines) is 1. The standard InChI is InChI=1S/C12H19NO4/c1-8(2)17-11(15)13-6-12(7-13)4-9(5-12)10(14)16-3/h8-9H,4-7H2,1-3H3. The molecule has 0 aromatic heterocycles. The van der Waals surface area contributed by atoms with Crippen molar-refractivity contribution in [1.82, 2.24) is 4.90 Å².